The summed E-state index contributed by atoms with van der Waals surface area (Å²) in [5.41, 5.74) is 3.67. The van der Waals surface area contributed by atoms with Crippen LogP contribution in [0.25, 0.3) is 17.1 Å². The standard InChI is InChI=1S/C23H22N4O2S/c1-3-29-23-25-22(20-9-5-4-7-16(20)2)27(26-23)18-12-10-17(11-13-18)24-21(28)15-19-8-6-14-30-19/h4-14H,3,15H2,1-2H3,(H,24,28). The smallest absolute Gasteiger partial charge is 0.336 e. The van der Waals surface area contributed by atoms with E-state index in [-0.39, 0.29) is 5.91 Å². The minimum atomic E-state index is -0.0369. The summed E-state index contributed by atoms with van der Waals surface area (Å²) in [7, 11) is 0. The molecule has 0 atom stereocenters. The fraction of sp³-hybridized carbons (Fsp3) is 0.174. The van der Waals surface area contributed by atoms with Crippen molar-refractivity contribution in [3.05, 3.63) is 76.5 Å². The lowest BCUT2D eigenvalue weighted by Gasteiger charge is -2.09. The van der Waals surface area contributed by atoms with Gasteiger partial charge < -0.3 is 10.1 Å². The third-order valence-corrected chi connectivity index (χ3v) is 5.43. The number of aryl methyl sites for hydroxylation is 1. The van der Waals surface area contributed by atoms with Crippen molar-refractivity contribution in [2.75, 3.05) is 11.9 Å². The van der Waals surface area contributed by atoms with Crippen molar-refractivity contribution in [3.63, 3.8) is 0 Å². The zero-order valence-electron chi connectivity index (χ0n) is 16.8. The fourth-order valence-electron chi connectivity index (χ4n) is 3.12. The molecular weight excluding hydrogens is 396 g/mol. The molecule has 4 aromatic rings. The lowest BCUT2D eigenvalue weighted by Crippen LogP contribution is -2.13. The Balaban J connectivity index is 1.59. The molecule has 1 N–H and O–H groups in total. The van der Waals surface area contributed by atoms with Crippen LogP contribution in [0.5, 0.6) is 6.01 Å². The molecule has 7 heteroatoms. The van der Waals surface area contributed by atoms with Gasteiger partial charge in [-0.1, -0.05) is 30.3 Å². The number of hydrogen-bond acceptors (Lipinski definition) is 5. The number of thiophene rings is 1. The topological polar surface area (TPSA) is 69.0 Å². The van der Waals surface area contributed by atoms with Gasteiger partial charge in [-0.2, -0.15) is 4.98 Å². The van der Waals surface area contributed by atoms with E-state index in [1.165, 1.54) is 0 Å². The van der Waals surface area contributed by atoms with Gasteiger partial charge in [0.1, 0.15) is 0 Å². The van der Waals surface area contributed by atoms with Crippen LogP contribution < -0.4 is 10.1 Å². The third kappa shape index (κ3) is 4.41. The van der Waals surface area contributed by atoms with E-state index in [2.05, 4.69) is 15.4 Å². The first-order valence-electron chi connectivity index (χ1n) is 9.72. The van der Waals surface area contributed by atoms with Crippen LogP contribution in [-0.4, -0.2) is 27.3 Å². The van der Waals surface area contributed by atoms with E-state index in [0.29, 0.717) is 24.9 Å². The van der Waals surface area contributed by atoms with E-state index >= 15 is 0 Å². The zero-order valence-corrected chi connectivity index (χ0v) is 17.6. The van der Waals surface area contributed by atoms with Crippen LogP contribution in [0.3, 0.4) is 0 Å². The van der Waals surface area contributed by atoms with Gasteiger partial charge in [0.05, 0.1) is 18.7 Å². The second-order valence-corrected chi connectivity index (χ2v) is 7.76. The van der Waals surface area contributed by atoms with Gasteiger partial charge in [0.15, 0.2) is 5.82 Å². The van der Waals surface area contributed by atoms with Gasteiger partial charge in [-0.15, -0.1) is 16.4 Å². The predicted octanol–water partition coefficient (Wildman–Crippen LogP) is 4.88. The van der Waals surface area contributed by atoms with Crippen LogP contribution in [0.1, 0.15) is 17.4 Å². The number of anilines is 1. The molecule has 2 aromatic heterocycles. The van der Waals surface area contributed by atoms with Crippen molar-refractivity contribution >= 4 is 22.9 Å². The van der Waals surface area contributed by atoms with Crippen LogP contribution in [-0.2, 0) is 11.2 Å². The number of nitrogens with one attached hydrogen (secondary N) is 1. The monoisotopic (exact) mass is 418 g/mol. The third-order valence-electron chi connectivity index (χ3n) is 4.56. The molecule has 0 unspecified atom stereocenters. The van der Waals surface area contributed by atoms with E-state index in [1.807, 2.05) is 79.9 Å². The van der Waals surface area contributed by atoms with Crippen molar-refractivity contribution in [1.29, 1.82) is 0 Å². The number of benzene rings is 2. The van der Waals surface area contributed by atoms with Gasteiger partial charge in [-0.25, -0.2) is 4.68 Å². The maximum Gasteiger partial charge on any atom is 0.336 e. The van der Waals surface area contributed by atoms with Crippen LogP contribution in [0.4, 0.5) is 5.69 Å². The molecule has 1 amide bonds. The lowest BCUT2D eigenvalue weighted by atomic mass is 10.1. The van der Waals surface area contributed by atoms with Crippen LogP contribution in [0.15, 0.2) is 66.0 Å². The van der Waals surface area contributed by atoms with E-state index in [1.54, 1.807) is 16.0 Å². The number of aromatic nitrogens is 3. The Bertz CT molecular complexity index is 1130. The minimum absolute atomic E-state index is 0.0369. The van der Waals surface area contributed by atoms with E-state index in [0.717, 1.165) is 27.4 Å². The van der Waals surface area contributed by atoms with Gasteiger partial charge in [0, 0.05) is 16.1 Å². The number of nitrogens with zero attached hydrogens (tertiary/aromatic N) is 3. The highest BCUT2D eigenvalue weighted by Gasteiger charge is 2.16. The molecule has 0 saturated carbocycles. The number of rotatable bonds is 7. The molecule has 0 radical (unpaired) electrons. The van der Waals surface area contributed by atoms with Crippen LogP contribution in [0, 0.1) is 6.92 Å². The number of ether oxygens (including phenoxy) is 1. The maximum atomic E-state index is 12.2. The minimum Gasteiger partial charge on any atom is -0.463 e. The largest absolute Gasteiger partial charge is 0.463 e. The SMILES string of the molecule is CCOc1nc(-c2ccccc2C)n(-c2ccc(NC(=O)Cc3cccs3)cc2)n1. The Kier molecular flexibility index (Phi) is 5.90. The number of carbonyl (C=O) groups excluding carboxylic acids is 1. The molecule has 0 saturated heterocycles. The summed E-state index contributed by atoms with van der Waals surface area (Å²) in [5, 5.41) is 9.43. The predicted molar refractivity (Wildman–Crippen MR) is 119 cm³/mol. The summed E-state index contributed by atoms with van der Waals surface area (Å²) in [5.74, 6) is 0.677. The van der Waals surface area contributed by atoms with E-state index in [4.69, 9.17) is 4.74 Å². The molecule has 2 aromatic carbocycles. The van der Waals surface area contributed by atoms with E-state index in [9.17, 15) is 4.79 Å². The molecule has 0 aliphatic carbocycles. The first kappa shape index (κ1) is 19.8. The molecule has 152 valence electrons. The van der Waals surface area contributed by atoms with Gasteiger partial charge in [-0.05, 0) is 55.1 Å². The molecule has 6 nitrogen and oxygen atoms in total. The van der Waals surface area contributed by atoms with Crippen molar-refractivity contribution in [2.24, 2.45) is 0 Å². The highest BCUT2D eigenvalue weighted by atomic mass is 32.1. The Labute approximate surface area is 179 Å². The molecule has 0 fully saturated rings. The van der Waals surface area contributed by atoms with Crippen molar-refractivity contribution < 1.29 is 9.53 Å². The first-order chi connectivity index (χ1) is 14.6. The molecule has 0 bridgehead atoms. The Morgan fingerprint density at radius 2 is 1.90 bits per heavy atom. The van der Waals surface area contributed by atoms with Gasteiger partial charge in [0.25, 0.3) is 0 Å². The second kappa shape index (κ2) is 8.92. The van der Waals surface area contributed by atoms with Crippen LogP contribution in [0.2, 0.25) is 0 Å². The molecule has 0 aliphatic rings. The van der Waals surface area contributed by atoms with E-state index < -0.39 is 0 Å². The Morgan fingerprint density at radius 3 is 2.60 bits per heavy atom. The van der Waals surface area contributed by atoms with Gasteiger partial charge >= 0.3 is 6.01 Å². The Hall–Kier alpha value is -3.45. The normalized spacial score (nSPS) is 10.7. The second-order valence-electron chi connectivity index (χ2n) is 6.73. The summed E-state index contributed by atoms with van der Waals surface area (Å²) in [6.45, 7) is 4.44. The molecule has 4 rings (SSSR count). The molecule has 0 spiro atoms. The molecule has 0 aliphatic heterocycles. The highest BCUT2D eigenvalue weighted by molar-refractivity contribution is 7.10. The van der Waals surface area contributed by atoms with Crippen molar-refractivity contribution in [1.82, 2.24) is 14.8 Å². The van der Waals surface area contributed by atoms with Crippen molar-refractivity contribution in [3.8, 4) is 23.1 Å². The molecular formula is C23H22N4O2S. The quantitative estimate of drug-likeness (QED) is 0.464. The summed E-state index contributed by atoms with van der Waals surface area (Å²) in [6.07, 6.45) is 0.373. The highest BCUT2D eigenvalue weighted by Crippen LogP contribution is 2.27. The zero-order chi connectivity index (χ0) is 20.9. The van der Waals surface area contributed by atoms with Crippen molar-refractivity contribution in [2.45, 2.75) is 20.3 Å². The summed E-state index contributed by atoms with van der Waals surface area (Å²) in [6, 6.07) is 19.8. The maximum absolute atomic E-state index is 12.2. The number of hydrogen-bond donors (Lipinski definition) is 1. The Morgan fingerprint density at radius 1 is 1.10 bits per heavy atom. The average molecular weight is 419 g/mol. The number of amides is 1. The number of carbonyl (C=O) groups is 1. The fourth-order valence-corrected chi connectivity index (χ4v) is 3.83. The van der Waals surface area contributed by atoms with Gasteiger partial charge in [0.2, 0.25) is 5.91 Å². The molecule has 30 heavy (non-hydrogen) atoms. The first-order valence-corrected chi connectivity index (χ1v) is 10.6. The summed E-state index contributed by atoms with van der Waals surface area (Å²) < 4.78 is 7.31. The summed E-state index contributed by atoms with van der Waals surface area (Å²) in [4.78, 5) is 17.9. The average Bonchev–Trinajstić information content (AvgIpc) is 3.39. The lowest BCUT2D eigenvalue weighted by molar-refractivity contribution is -0.115. The van der Waals surface area contributed by atoms with Crippen LogP contribution >= 0.6 is 11.3 Å². The van der Waals surface area contributed by atoms with Gasteiger partial charge in [-0.3, -0.25) is 4.79 Å². The summed E-state index contributed by atoms with van der Waals surface area (Å²) >= 11 is 1.58. The molecule has 2 heterocycles.